The van der Waals surface area contributed by atoms with E-state index in [0.717, 1.165) is 36.8 Å². The van der Waals surface area contributed by atoms with Crippen molar-refractivity contribution in [1.82, 2.24) is 0 Å². The van der Waals surface area contributed by atoms with Gasteiger partial charge in [-0.25, -0.2) is 4.39 Å². The Balaban J connectivity index is 1.79. The molecular formula is C20H26FNO2. The minimum Gasteiger partial charge on any atom is -0.396 e. The van der Waals surface area contributed by atoms with Crippen molar-refractivity contribution < 1.29 is 14.0 Å². The molecule has 3 nitrogen and oxygen atoms in total. The number of ketones is 2. The maximum atomic E-state index is 14.2. The van der Waals surface area contributed by atoms with Gasteiger partial charge in [-0.3, -0.25) is 9.59 Å². The zero-order chi connectivity index (χ0) is 17.4. The number of Topliss-reactive ketones (excluding diaryl/α,β-unsaturated/α-hetero) is 2. The van der Waals surface area contributed by atoms with Crippen LogP contribution in [-0.2, 0) is 9.59 Å². The Labute approximate surface area is 142 Å². The lowest BCUT2D eigenvalue weighted by atomic mass is 9.46. The van der Waals surface area contributed by atoms with E-state index in [1.807, 2.05) is 6.92 Å². The number of alkyl halides is 1. The molecule has 4 aliphatic carbocycles. The Hall–Kier alpha value is -1.45. The summed E-state index contributed by atoms with van der Waals surface area (Å²) in [5.74, 6) is 0.563. The van der Waals surface area contributed by atoms with Crippen molar-refractivity contribution >= 4 is 11.6 Å². The molecule has 0 bridgehead atoms. The van der Waals surface area contributed by atoms with Crippen molar-refractivity contribution in [3.05, 3.63) is 23.4 Å². The molecule has 0 aromatic heterocycles. The summed E-state index contributed by atoms with van der Waals surface area (Å²) in [6.45, 7) is 8.39. The number of nitrogens with two attached hydrogens (primary N) is 1. The molecule has 0 spiro atoms. The van der Waals surface area contributed by atoms with Gasteiger partial charge in [0, 0.05) is 11.8 Å². The second kappa shape index (κ2) is 4.80. The average molecular weight is 331 g/mol. The number of hydrogen-bond acceptors (Lipinski definition) is 3. The maximum Gasteiger partial charge on any atom is 0.178 e. The molecule has 4 rings (SSSR count). The lowest BCUT2D eigenvalue weighted by molar-refractivity contribution is -0.134. The summed E-state index contributed by atoms with van der Waals surface area (Å²) < 4.78 is 14.2. The highest BCUT2D eigenvalue weighted by Crippen LogP contribution is 2.65. The molecule has 1 unspecified atom stereocenters. The lowest BCUT2D eigenvalue weighted by Gasteiger charge is -2.57. The van der Waals surface area contributed by atoms with E-state index in [-0.39, 0.29) is 28.8 Å². The van der Waals surface area contributed by atoms with E-state index in [0.29, 0.717) is 24.5 Å². The Kier molecular flexibility index (Phi) is 3.21. The van der Waals surface area contributed by atoms with Crippen LogP contribution in [0.3, 0.4) is 0 Å². The number of halogens is 1. The smallest absolute Gasteiger partial charge is 0.178 e. The SMILES string of the molecule is C=C1C[C@H]2[C@H]3CC(F)C(=O)[C@@]3(C)CC[C@@H]2[C@@]2(C)CCC(=O)C(N)=C12. The summed E-state index contributed by atoms with van der Waals surface area (Å²) in [6, 6.07) is 0. The van der Waals surface area contributed by atoms with Crippen molar-refractivity contribution in [2.24, 2.45) is 34.3 Å². The van der Waals surface area contributed by atoms with Crippen LogP contribution in [0.25, 0.3) is 0 Å². The number of carbonyl (C=O) groups is 2. The van der Waals surface area contributed by atoms with Gasteiger partial charge in [0.25, 0.3) is 0 Å². The van der Waals surface area contributed by atoms with Gasteiger partial charge < -0.3 is 5.73 Å². The molecule has 3 saturated carbocycles. The molecular weight excluding hydrogens is 305 g/mol. The first kappa shape index (κ1) is 16.0. The number of hydrogen-bond donors (Lipinski definition) is 1. The summed E-state index contributed by atoms with van der Waals surface area (Å²) in [4.78, 5) is 24.5. The van der Waals surface area contributed by atoms with Crippen molar-refractivity contribution in [2.45, 2.75) is 58.5 Å². The van der Waals surface area contributed by atoms with E-state index in [2.05, 4.69) is 13.5 Å². The molecule has 0 saturated heterocycles. The third-order valence-electron chi connectivity index (χ3n) is 7.80. The molecule has 0 aliphatic heterocycles. The molecule has 130 valence electrons. The summed E-state index contributed by atoms with van der Waals surface area (Å²) in [5.41, 5.74) is 7.78. The molecule has 2 N–H and O–H groups in total. The number of fused-ring (bicyclic) bond motifs is 5. The molecule has 24 heavy (non-hydrogen) atoms. The predicted molar refractivity (Wildman–Crippen MR) is 89.6 cm³/mol. The third-order valence-corrected chi connectivity index (χ3v) is 7.80. The Morgan fingerprint density at radius 2 is 1.88 bits per heavy atom. The zero-order valence-corrected chi connectivity index (χ0v) is 14.5. The van der Waals surface area contributed by atoms with Crippen LogP contribution >= 0.6 is 0 Å². The predicted octanol–water partition coefficient (Wildman–Crippen LogP) is 3.49. The van der Waals surface area contributed by atoms with E-state index in [4.69, 9.17) is 5.73 Å². The topological polar surface area (TPSA) is 60.2 Å². The first-order valence-electron chi connectivity index (χ1n) is 9.10. The van der Waals surface area contributed by atoms with Crippen molar-refractivity contribution in [2.75, 3.05) is 0 Å². The number of allylic oxidation sites excluding steroid dienone is 2. The van der Waals surface area contributed by atoms with Crippen LogP contribution in [0, 0.1) is 28.6 Å². The fourth-order valence-electron chi connectivity index (χ4n) is 6.54. The second-order valence-corrected chi connectivity index (χ2v) is 8.84. The molecule has 4 heteroatoms. The van der Waals surface area contributed by atoms with Crippen LogP contribution in [-0.4, -0.2) is 17.7 Å². The highest BCUT2D eigenvalue weighted by Gasteiger charge is 2.62. The van der Waals surface area contributed by atoms with Gasteiger partial charge in [0.05, 0.1) is 5.70 Å². The van der Waals surface area contributed by atoms with Crippen LogP contribution in [0.1, 0.15) is 52.4 Å². The molecule has 0 aromatic carbocycles. The highest BCUT2D eigenvalue weighted by molar-refractivity contribution is 5.97. The van der Waals surface area contributed by atoms with Gasteiger partial charge in [0.1, 0.15) is 0 Å². The van der Waals surface area contributed by atoms with E-state index in [1.165, 1.54) is 0 Å². The summed E-state index contributed by atoms with van der Waals surface area (Å²) in [6.07, 6.45) is 2.71. The van der Waals surface area contributed by atoms with Crippen LogP contribution in [0.5, 0.6) is 0 Å². The highest BCUT2D eigenvalue weighted by atomic mass is 19.1. The van der Waals surface area contributed by atoms with Gasteiger partial charge in [0.15, 0.2) is 17.7 Å². The van der Waals surface area contributed by atoms with Crippen LogP contribution < -0.4 is 5.73 Å². The van der Waals surface area contributed by atoms with E-state index < -0.39 is 11.6 Å². The number of rotatable bonds is 0. The van der Waals surface area contributed by atoms with Gasteiger partial charge in [-0.15, -0.1) is 0 Å². The second-order valence-electron chi connectivity index (χ2n) is 8.84. The maximum absolute atomic E-state index is 14.2. The Morgan fingerprint density at radius 1 is 1.17 bits per heavy atom. The fraction of sp³-hybridized carbons (Fsp3) is 0.700. The molecule has 6 atom stereocenters. The summed E-state index contributed by atoms with van der Waals surface area (Å²) in [7, 11) is 0. The molecule has 4 aliphatic rings. The van der Waals surface area contributed by atoms with Gasteiger partial charge in [0.2, 0.25) is 0 Å². The van der Waals surface area contributed by atoms with Gasteiger partial charge in [-0.1, -0.05) is 20.4 Å². The first-order chi connectivity index (χ1) is 11.2. The van der Waals surface area contributed by atoms with E-state index >= 15 is 0 Å². The lowest BCUT2D eigenvalue weighted by Crippen LogP contribution is -2.52. The monoisotopic (exact) mass is 331 g/mol. The minimum atomic E-state index is -1.31. The molecule has 0 radical (unpaired) electrons. The van der Waals surface area contributed by atoms with Gasteiger partial charge in [-0.05, 0) is 66.4 Å². The zero-order valence-electron chi connectivity index (χ0n) is 14.5. The first-order valence-corrected chi connectivity index (χ1v) is 9.10. The Bertz CT molecular complexity index is 696. The number of carbonyl (C=O) groups excluding carboxylic acids is 2. The fourth-order valence-corrected chi connectivity index (χ4v) is 6.54. The Morgan fingerprint density at radius 3 is 2.58 bits per heavy atom. The van der Waals surface area contributed by atoms with Crippen molar-refractivity contribution in [1.29, 1.82) is 0 Å². The normalized spacial score (nSPS) is 48.2. The molecule has 0 aromatic rings. The molecule has 0 amide bonds. The third kappa shape index (κ3) is 1.77. The van der Waals surface area contributed by atoms with E-state index in [9.17, 15) is 14.0 Å². The standard InChI is InChI=1S/C20H26FNO2/c1-10-8-11-12(19(2)7-5-15(23)17(22)16(10)19)4-6-20(3)13(11)9-14(21)18(20)24/h11-14H,1,4-9,22H2,2-3H3/t11-,12+,13-,14?,19-,20+/m1/s1. The molecule has 0 heterocycles. The minimum absolute atomic E-state index is 0.0302. The molecule has 3 fully saturated rings. The van der Waals surface area contributed by atoms with Gasteiger partial charge >= 0.3 is 0 Å². The van der Waals surface area contributed by atoms with Gasteiger partial charge in [-0.2, -0.15) is 0 Å². The quantitative estimate of drug-likeness (QED) is 0.739. The van der Waals surface area contributed by atoms with E-state index in [1.54, 1.807) is 0 Å². The summed E-state index contributed by atoms with van der Waals surface area (Å²) >= 11 is 0. The van der Waals surface area contributed by atoms with Crippen LogP contribution in [0.2, 0.25) is 0 Å². The largest absolute Gasteiger partial charge is 0.396 e. The van der Waals surface area contributed by atoms with Crippen molar-refractivity contribution in [3.8, 4) is 0 Å². The van der Waals surface area contributed by atoms with Crippen LogP contribution in [0.4, 0.5) is 4.39 Å². The average Bonchev–Trinajstić information content (AvgIpc) is 2.75. The van der Waals surface area contributed by atoms with Crippen molar-refractivity contribution in [3.63, 3.8) is 0 Å². The summed E-state index contributed by atoms with van der Waals surface area (Å²) in [5, 5.41) is 0. The van der Waals surface area contributed by atoms with Crippen LogP contribution in [0.15, 0.2) is 23.4 Å².